The van der Waals surface area contributed by atoms with Gasteiger partial charge in [-0.2, -0.15) is 22.0 Å². The zero-order valence-electron chi connectivity index (χ0n) is 10.7. The largest absolute Gasteiger partial charge is 0.433 e. The van der Waals surface area contributed by atoms with Crippen LogP contribution in [0.15, 0.2) is 41.6 Å². The lowest BCUT2D eigenvalue weighted by Gasteiger charge is -2.14. The summed E-state index contributed by atoms with van der Waals surface area (Å²) in [6.45, 7) is -3.21. The fraction of sp³-hybridized carbons (Fsp3) is 0.231. The van der Waals surface area contributed by atoms with E-state index in [1.807, 2.05) is 6.26 Å². The van der Waals surface area contributed by atoms with Gasteiger partial charge in [-0.05, 0) is 30.5 Å². The predicted octanol–water partition coefficient (Wildman–Crippen LogP) is 4.82. The molecule has 0 aliphatic carbocycles. The molecule has 2 aromatic rings. The van der Waals surface area contributed by atoms with Crippen LogP contribution in [0.4, 0.5) is 22.0 Å². The molecule has 0 unspecified atom stereocenters. The molecule has 114 valence electrons. The summed E-state index contributed by atoms with van der Waals surface area (Å²) in [7, 11) is 0. The van der Waals surface area contributed by atoms with Gasteiger partial charge in [0.05, 0.1) is 11.3 Å². The van der Waals surface area contributed by atoms with Gasteiger partial charge in [-0.1, -0.05) is 0 Å². The third-order valence-electron chi connectivity index (χ3n) is 2.68. The average Bonchev–Trinajstić information content (AvgIpc) is 2.85. The average molecular weight is 323 g/mol. The van der Waals surface area contributed by atoms with E-state index >= 15 is 0 Å². The van der Waals surface area contributed by atoms with Crippen LogP contribution in [0.25, 0.3) is 5.69 Å². The Kier molecular flexibility index (Phi) is 4.46. The fourth-order valence-corrected chi connectivity index (χ4v) is 2.16. The van der Waals surface area contributed by atoms with Gasteiger partial charge in [0, 0.05) is 17.3 Å². The van der Waals surface area contributed by atoms with Crippen LogP contribution < -0.4 is 4.74 Å². The van der Waals surface area contributed by atoms with E-state index in [1.54, 1.807) is 18.5 Å². The highest BCUT2D eigenvalue weighted by Gasteiger charge is 2.31. The molecule has 2 nitrogen and oxygen atoms in total. The van der Waals surface area contributed by atoms with Gasteiger partial charge < -0.3 is 9.30 Å². The van der Waals surface area contributed by atoms with Crippen molar-refractivity contribution in [1.29, 1.82) is 0 Å². The van der Waals surface area contributed by atoms with Crippen LogP contribution in [0.3, 0.4) is 0 Å². The van der Waals surface area contributed by atoms with Crippen molar-refractivity contribution >= 4 is 11.8 Å². The van der Waals surface area contributed by atoms with Crippen molar-refractivity contribution in [3.8, 4) is 11.4 Å². The van der Waals surface area contributed by atoms with Crippen LogP contribution in [0, 0.1) is 0 Å². The minimum atomic E-state index is -4.63. The first-order valence-electron chi connectivity index (χ1n) is 5.69. The number of nitrogens with zero attached hydrogens (tertiary/aromatic N) is 1. The summed E-state index contributed by atoms with van der Waals surface area (Å²) in [6, 6.07) is 4.21. The molecule has 0 amide bonds. The fourth-order valence-electron chi connectivity index (χ4n) is 1.74. The monoisotopic (exact) mass is 323 g/mol. The highest BCUT2D eigenvalue weighted by Crippen LogP contribution is 2.35. The number of benzene rings is 1. The summed E-state index contributed by atoms with van der Waals surface area (Å²) in [6.07, 6.45) is 0.376. The lowest BCUT2D eigenvalue weighted by Crippen LogP contribution is -2.09. The molecule has 0 aliphatic rings. The molecule has 1 heterocycles. The highest BCUT2D eigenvalue weighted by molar-refractivity contribution is 7.98. The van der Waals surface area contributed by atoms with Gasteiger partial charge >= 0.3 is 12.8 Å². The number of halogens is 5. The van der Waals surface area contributed by atoms with Gasteiger partial charge in [0.25, 0.3) is 0 Å². The first kappa shape index (κ1) is 15.7. The van der Waals surface area contributed by atoms with Crippen molar-refractivity contribution in [2.75, 3.05) is 6.26 Å². The van der Waals surface area contributed by atoms with Crippen LogP contribution >= 0.6 is 11.8 Å². The first-order chi connectivity index (χ1) is 9.81. The Morgan fingerprint density at radius 1 is 1.19 bits per heavy atom. The zero-order chi connectivity index (χ0) is 15.6. The van der Waals surface area contributed by atoms with E-state index in [0.29, 0.717) is 6.07 Å². The van der Waals surface area contributed by atoms with Crippen LogP contribution in [0.5, 0.6) is 5.75 Å². The van der Waals surface area contributed by atoms with E-state index in [2.05, 4.69) is 4.74 Å². The second-order valence-electron chi connectivity index (χ2n) is 4.02. The molecule has 0 radical (unpaired) electrons. The normalized spacial score (nSPS) is 12.0. The first-order valence-corrected chi connectivity index (χ1v) is 6.92. The Bertz CT molecular complexity index is 623. The SMILES string of the molecule is CSc1ccn(-c2ccc(C(F)(F)F)cc2OC(F)F)c1. The molecule has 0 fully saturated rings. The van der Waals surface area contributed by atoms with E-state index in [1.165, 1.54) is 16.3 Å². The second-order valence-corrected chi connectivity index (χ2v) is 4.90. The number of hydrogen-bond acceptors (Lipinski definition) is 2. The minimum absolute atomic E-state index is 0.114. The van der Waals surface area contributed by atoms with Crippen molar-refractivity contribution in [2.24, 2.45) is 0 Å². The maximum absolute atomic E-state index is 12.6. The maximum atomic E-state index is 12.6. The van der Waals surface area contributed by atoms with Crippen LogP contribution in [-0.2, 0) is 6.18 Å². The van der Waals surface area contributed by atoms with Crippen LogP contribution in [-0.4, -0.2) is 17.4 Å². The van der Waals surface area contributed by atoms with Crippen molar-refractivity contribution in [3.05, 3.63) is 42.2 Å². The molecule has 2 rings (SSSR count). The van der Waals surface area contributed by atoms with Gasteiger partial charge in [0.15, 0.2) is 5.75 Å². The van der Waals surface area contributed by atoms with E-state index in [9.17, 15) is 22.0 Å². The molecular formula is C13H10F5NOS. The van der Waals surface area contributed by atoms with Crippen molar-refractivity contribution < 1.29 is 26.7 Å². The molecule has 8 heteroatoms. The Labute approximate surface area is 121 Å². The number of thioether (sulfide) groups is 1. The Morgan fingerprint density at radius 2 is 1.90 bits per heavy atom. The molecule has 0 spiro atoms. The van der Waals surface area contributed by atoms with Gasteiger partial charge in [0.2, 0.25) is 0 Å². The summed E-state index contributed by atoms with van der Waals surface area (Å²) in [5.41, 5.74) is -0.928. The molecule has 0 saturated carbocycles. The highest BCUT2D eigenvalue weighted by atomic mass is 32.2. The Balaban J connectivity index is 2.49. The van der Waals surface area contributed by atoms with Gasteiger partial charge in [-0.15, -0.1) is 11.8 Å². The zero-order valence-corrected chi connectivity index (χ0v) is 11.5. The second kappa shape index (κ2) is 5.97. The number of alkyl halides is 5. The maximum Gasteiger partial charge on any atom is 0.416 e. The smallest absolute Gasteiger partial charge is 0.416 e. The summed E-state index contributed by atoms with van der Waals surface area (Å²) in [4.78, 5) is 0.845. The molecule has 0 aliphatic heterocycles. The molecule has 1 aromatic carbocycles. The summed E-state index contributed by atoms with van der Waals surface area (Å²) in [5, 5.41) is 0. The van der Waals surface area contributed by atoms with Crippen molar-refractivity contribution in [1.82, 2.24) is 4.57 Å². The van der Waals surface area contributed by atoms with Crippen LogP contribution in [0.2, 0.25) is 0 Å². The number of aromatic nitrogens is 1. The minimum Gasteiger partial charge on any atom is -0.433 e. The molecule has 0 atom stereocenters. The molecule has 21 heavy (non-hydrogen) atoms. The Morgan fingerprint density at radius 3 is 2.43 bits per heavy atom. The standard InChI is InChI=1S/C13H10F5NOS/c1-21-9-4-5-19(7-9)10-3-2-8(13(16,17)18)6-11(10)20-12(14)15/h2-7,12H,1H3. The van der Waals surface area contributed by atoms with E-state index in [4.69, 9.17) is 0 Å². The molecule has 0 bridgehead atoms. The topological polar surface area (TPSA) is 14.2 Å². The summed E-state index contributed by atoms with van der Waals surface area (Å²) < 4.78 is 68.4. The number of rotatable bonds is 4. The number of hydrogen-bond donors (Lipinski definition) is 0. The molecule has 0 saturated heterocycles. The summed E-state index contributed by atoms with van der Waals surface area (Å²) >= 11 is 1.42. The predicted molar refractivity (Wildman–Crippen MR) is 69.2 cm³/mol. The molecular weight excluding hydrogens is 313 g/mol. The number of ether oxygens (including phenoxy) is 1. The third kappa shape index (κ3) is 3.69. The molecule has 0 N–H and O–H groups in total. The van der Waals surface area contributed by atoms with Crippen molar-refractivity contribution in [3.63, 3.8) is 0 Å². The Hall–Kier alpha value is -1.70. The summed E-state index contributed by atoms with van der Waals surface area (Å²) in [5.74, 6) is -0.525. The van der Waals surface area contributed by atoms with Crippen molar-refractivity contribution in [2.45, 2.75) is 17.7 Å². The van der Waals surface area contributed by atoms with E-state index in [0.717, 1.165) is 17.0 Å². The van der Waals surface area contributed by atoms with E-state index in [-0.39, 0.29) is 5.69 Å². The lowest BCUT2D eigenvalue weighted by molar-refractivity contribution is -0.138. The molecule has 1 aromatic heterocycles. The lowest BCUT2D eigenvalue weighted by atomic mass is 10.2. The van der Waals surface area contributed by atoms with Gasteiger partial charge in [0.1, 0.15) is 0 Å². The van der Waals surface area contributed by atoms with Gasteiger partial charge in [-0.25, -0.2) is 0 Å². The van der Waals surface area contributed by atoms with Gasteiger partial charge in [-0.3, -0.25) is 0 Å². The quantitative estimate of drug-likeness (QED) is 0.591. The van der Waals surface area contributed by atoms with Crippen LogP contribution in [0.1, 0.15) is 5.56 Å². The third-order valence-corrected chi connectivity index (χ3v) is 3.40. The van der Waals surface area contributed by atoms with E-state index < -0.39 is 24.1 Å².